The van der Waals surface area contributed by atoms with Crippen molar-refractivity contribution < 1.29 is 13.2 Å². The van der Waals surface area contributed by atoms with E-state index in [-0.39, 0.29) is 17.1 Å². The number of alkyl halides is 3. The highest BCUT2D eigenvalue weighted by Crippen LogP contribution is 2.37. The SMILES string of the molecule is CC(N(C)c1ccc(N)c(C(F)(F)F)c1)C(C)(C)C. The van der Waals surface area contributed by atoms with E-state index in [1.54, 1.807) is 13.1 Å². The van der Waals surface area contributed by atoms with Gasteiger partial charge in [0.2, 0.25) is 0 Å². The molecule has 0 radical (unpaired) electrons. The number of nitrogen functional groups attached to an aromatic ring is 1. The normalized spacial score (nSPS) is 14.3. The van der Waals surface area contributed by atoms with Crippen molar-refractivity contribution in [3.05, 3.63) is 23.8 Å². The number of hydrogen-bond acceptors (Lipinski definition) is 2. The maximum atomic E-state index is 12.8. The van der Waals surface area contributed by atoms with Crippen LogP contribution in [0.5, 0.6) is 0 Å². The van der Waals surface area contributed by atoms with Crippen LogP contribution in [0.1, 0.15) is 33.3 Å². The van der Waals surface area contributed by atoms with Gasteiger partial charge in [-0.3, -0.25) is 0 Å². The highest BCUT2D eigenvalue weighted by atomic mass is 19.4. The van der Waals surface area contributed by atoms with E-state index < -0.39 is 11.7 Å². The van der Waals surface area contributed by atoms with E-state index in [0.717, 1.165) is 6.07 Å². The Kier molecular flexibility index (Phi) is 4.08. The van der Waals surface area contributed by atoms with Crippen molar-refractivity contribution in [1.29, 1.82) is 0 Å². The van der Waals surface area contributed by atoms with E-state index in [9.17, 15) is 13.2 Å². The van der Waals surface area contributed by atoms with Gasteiger partial charge < -0.3 is 10.6 Å². The van der Waals surface area contributed by atoms with Crippen molar-refractivity contribution >= 4 is 11.4 Å². The van der Waals surface area contributed by atoms with E-state index in [1.165, 1.54) is 6.07 Å². The lowest BCUT2D eigenvalue weighted by Crippen LogP contribution is -2.39. The molecule has 0 amide bonds. The molecule has 0 heterocycles. The number of nitrogens with zero attached hydrogens (tertiary/aromatic N) is 1. The summed E-state index contributed by atoms with van der Waals surface area (Å²) < 4.78 is 38.5. The number of hydrogen-bond donors (Lipinski definition) is 1. The second kappa shape index (κ2) is 4.94. The first-order chi connectivity index (χ1) is 8.44. The van der Waals surface area contributed by atoms with E-state index in [4.69, 9.17) is 5.73 Å². The maximum Gasteiger partial charge on any atom is 0.418 e. The predicted octanol–water partition coefficient (Wildman–Crippen LogP) is 4.16. The number of rotatable bonds is 2. The standard InChI is InChI=1S/C14H21F3N2/c1-9(13(2,3)4)19(5)10-6-7-12(18)11(8-10)14(15,16)17/h6-9H,18H2,1-5H3. The van der Waals surface area contributed by atoms with Crippen LogP contribution in [0.2, 0.25) is 0 Å². The van der Waals surface area contributed by atoms with Gasteiger partial charge in [-0.05, 0) is 30.5 Å². The summed E-state index contributed by atoms with van der Waals surface area (Å²) in [5, 5.41) is 0. The van der Waals surface area contributed by atoms with Crippen LogP contribution < -0.4 is 10.6 Å². The van der Waals surface area contributed by atoms with Crippen LogP contribution in [0.3, 0.4) is 0 Å². The minimum absolute atomic E-state index is 0.0332. The molecule has 0 aliphatic carbocycles. The molecule has 2 nitrogen and oxygen atoms in total. The van der Waals surface area contributed by atoms with E-state index >= 15 is 0 Å². The highest BCUT2D eigenvalue weighted by molar-refractivity contribution is 5.59. The first-order valence-corrected chi connectivity index (χ1v) is 6.14. The molecule has 2 N–H and O–H groups in total. The summed E-state index contributed by atoms with van der Waals surface area (Å²) in [6.07, 6.45) is -4.42. The Morgan fingerprint density at radius 1 is 1.16 bits per heavy atom. The summed E-state index contributed by atoms with van der Waals surface area (Å²) in [6, 6.07) is 4.13. The molecule has 5 heteroatoms. The second-order valence-electron chi connectivity index (χ2n) is 5.92. The van der Waals surface area contributed by atoms with Gasteiger partial charge >= 0.3 is 6.18 Å². The van der Waals surface area contributed by atoms with Crippen molar-refractivity contribution in [3.63, 3.8) is 0 Å². The first-order valence-electron chi connectivity index (χ1n) is 6.14. The molecule has 19 heavy (non-hydrogen) atoms. The predicted molar refractivity (Wildman–Crippen MR) is 73.2 cm³/mol. The van der Waals surface area contributed by atoms with Crippen LogP contribution in [0, 0.1) is 5.41 Å². The fraction of sp³-hybridized carbons (Fsp3) is 0.571. The van der Waals surface area contributed by atoms with E-state index in [2.05, 4.69) is 20.8 Å². The molecule has 1 rings (SSSR count). The van der Waals surface area contributed by atoms with E-state index in [1.807, 2.05) is 11.8 Å². The quantitative estimate of drug-likeness (QED) is 0.820. The third kappa shape index (κ3) is 3.55. The van der Waals surface area contributed by atoms with Gasteiger partial charge in [0.05, 0.1) is 5.56 Å². The molecule has 0 aliphatic rings. The van der Waals surface area contributed by atoms with Gasteiger partial charge in [0.1, 0.15) is 0 Å². The molecule has 0 bridgehead atoms. The van der Waals surface area contributed by atoms with Gasteiger partial charge in [-0.15, -0.1) is 0 Å². The molecular formula is C14H21F3N2. The molecule has 1 aromatic rings. The lowest BCUT2D eigenvalue weighted by Gasteiger charge is -2.37. The molecular weight excluding hydrogens is 253 g/mol. The molecule has 1 atom stereocenters. The van der Waals surface area contributed by atoms with E-state index in [0.29, 0.717) is 5.69 Å². The van der Waals surface area contributed by atoms with Crippen LogP contribution >= 0.6 is 0 Å². The minimum atomic E-state index is -4.42. The van der Waals surface area contributed by atoms with Crippen LogP contribution in [-0.2, 0) is 6.18 Å². The van der Waals surface area contributed by atoms with Crippen molar-refractivity contribution in [1.82, 2.24) is 0 Å². The third-order valence-electron chi connectivity index (χ3n) is 3.58. The van der Waals surface area contributed by atoms with Gasteiger partial charge in [0, 0.05) is 24.5 Å². The summed E-state index contributed by atoms with van der Waals surface area (Å²) in [7, 11) is 1.79. The Morgan fingerprint density at radius 2 is 1.68 bits per heavy atom. The van der Waals surface area contributed by atoms with Crippen LogP contribution in [0.25, 0.3) is 0 Å². The molecule has 0 aromatic heterocycles. The summed E-state index contributed by atoms with van der Waals surface area (Å²) in [5.74, 6) is 0. The zero-order chi connectivity index (χ0) is 15.0. The van der Waals surface area contributed by atoms with Crippen LogP contribution in [-0.4, -0.2) is 13.1 Å². The second-order valence-corrected chi connectivity index (χ2v) is 5.92. The summed E-state index contributed by atoms with van der Waals surface area (Å²) in [6.45, 7) is 8.14. The topological polar surface area (TPSA) is 29.3 Å². The Labute approximate surface area is 112 Å². The molecule has 0 saturated carbocycles. The molecule has 0 saturated heterocycles. The lowest BCUT2D eigenvalue weighted by molar-refractivity contribution is -0.136. The number of halogens is 3. The van der Waals surface area contributed by atoms with Gasteiger partial charge in [-0.2, -0.15) is 13.2 Å². The van der Waals surface area contributed by atoms with Crippen LogP contribution in [0.4, 0.5) is 24.5 Å². The van der Waals surface area contributed by atoms with Crippen molar-refractivity contribution in [3.8, 4) is 0 Å². The van der Waals surface area contributed by atoms with Gasteiger partial charge in [-0.25, -0.2) is 0 Å². The maximum absolute atomic E-state index is 12.8. The largest absolute Gasteiger partial charge is 0.418 e. The van der Waals surface area contributed by atoms with Crippen molar-refractivity contribution in [2.24, 2.45) is 5.41 Å². The molecule has 0 fully saturated rings. The average molecular weight is 274 g/mol. The monoisotopic (exact) mass is 274 g/mol. The average Bonchev–Trinajstić information content (AvgIpc) is 2.25. The Hall–Kier alpha value is -1.39. The van der Waals surface area contributed by atoms with Gasteiger partial charge in [0.25, 0.3) is 0 Å². The van der Waals surface area contributed by atoms with Gasteiger partial charge in [0.15, 0.2) is 0 Å². The summed E-state index contributed by atoms with van der Waals surface area (Å²) in [4.78, 5) is 1.84. The molecule has 0 aliphatic heterocycles. The zero-order valence-corrected chi connectivity index (χ0v) is 12.0. The van der Waals surface area contributed by atoms with Gasteiger partial charge in [-0.1, -0.05) is 20.8 Å². The van der Waals surface area contributed by atoms with Crippen molar-refractivity contribution in [2.45, 2.75) is 39.9 Å². The molecule has 108 valence electrons. The summed E-state index contributed by atoms with van der Waals surface area (Å²) >= 11 is 0. The van der Waals surface area contributed by atoms with Crippen molar-refractivity contribution in [2.75, 3.05) is 17.7 Å². The zero-order valence-electron chi connectivity index (χ0n) is 12.0. The minimum Gasteiger partial charge on any atom is -0.398 e. The van der Waals surface area contributed by atoms with Crippen LogP contribution in [0.15, 0.2) is 18.2 Å². The number of nitrogens with two attached hydrogens (primary N) is 1. The number of benzene rings is 1. The third-order valence-corrected chi connectivity index (χ3v) is 3.58. The molecule has 1 aromatic carbocycles. The molecule has 1 unspecified atom stereocenters. The fourth-order valence-corrected chi connectivity index (χ4v) is 1.81. The smallest absolute Gasteiger partial charge is 0.398 e. The fourth-order valence-electron chi connectivity index (χ4n) is 1.81. The highest BCUT2D eigenvalue weighted by Gasteiger charge is 2.34. The Morgan fingerprint density at radius 3 is 2.11 bits per heavy atom. The Bertz CT molecular complexity index is 447. The molecule has 0 spiro atoms. The first kappa shape index (κ1) is 15.7. The number of anilines is 2. The summed E-state index contributed by atoms with van der Waals surface area (Å²) in [5.41, 5.74) is 4.86. The lowest BCUT2D eigenvalue weighted by atomic mass is 9.87. The Balaban J connectivity index is 3.16.